The molecule has 1 heterocycles. The van der Waals surface area contributed by atoms with Gasteiger partial charge in [0.25, 0.3) is 0 Å². The second-order valence-corrected chi connectivity index (χ2v) is 9.25. The van der Waals surface area contributed by atoms with E-state index in [1.807, 2.05) is 13.8 Å². The molecule has 0 spiro atoms. The minimum absolute atomic E-state index is 0.0685. The van der Waals surface area contributed by atoms with E-state index < -0.39 is 3.42 Å². The van der Waals surface area contributed by atoms with Crippen LogP contribution in [0.15, 0.2) is 0 Å². The molecule has 3 fully saturated rings. The number of carbonyl (C=O) groups excluding carboxylic acids is 1. The Labute approximate surface area is 128 Å². The quantitative estimate of drug-likeness (QED) is 0.428. The molecule has 3 rings (SSSR count). The fourth-order valence-corrected chi connectivity index (χ4v) is 4.46. The van der Waals surface area contributed by atoms with Crippen LogP contribution in [-0.4, -0.2) is 22.3 Å². The normalized spacial score (nSPS) is 46.9. The van der Waals surface area contributed by atoms with Crippen molar-refractivity contribution in [1.29, 1.82) is 0 Å². The topological polar surface area (TPSA) is 35.5 Å². The zero-order valence-corrected chi connectivity index (χ0v) is 14.1. The average molecular weight is 378 g/mol. The van der Waals surface area contributed by atoms with E-state index in [0.717, 1.165) is 18.9 Å². The summed E-state index contributed by atoms with van der Waals surface area (Å²) in [7, 11) is 0. The third-order valence-corrected chi connectivity index (χ3v) is 7.16. The first-order valence-corrected chi connectivity index (χ1v) is 8.49. The molecular formula is C15H23IO3. The van der Waals surface area contributed by atoms with Gasteiger partial charge in [-0.15, -0.1) is 0 Å². The number of ether oxygens (including phenoxy) is 2. The molecule has 1 saturated heterocycles. The van der Waals surface area contributed by atoms with E-state index in [4.69, 9.17) is 9.47 Å². The third kappa shape index (κ3) is 1.96. The first kappa shape index (κ1) is 14.1. The number of alkyl halides is 1. The lowest BCUT2D eigenvalue weighted by Crippen LogP contribution is -2.43. The van der Waals surface area contributed by atoms with E-state index in [1.54, 1.807) is 0 Å². The number of hydrogen-bond acceptors (Lipinski definition) is 3. The Balaban J connectivity index is 1.75. The van der Waals surface area contributed by atoms with E-state index in [9.17, 15) is 4.79 Å². The van der Waals surface area contributed by atoms with Gasteiger partial charge in [0.2, 0.25) is 6.29 Å². The molecule has 2 saturated carbocycles. The monoisotopic (exact) mass is 378 g/mol. The lowest BCUT2D eigenvalue weighted by molar-refractivity contribution is -0.192. The van der Waals surface area contributed by atoms with Crippen LogP contribution in [0.1, 0.15) is 46.5 Å². The SMILES string of the molecule is CCC(C)(I)C(=O)OC1OCC2C3CC[C@H](C3)C12C. The van der Waals surface area contributed by atoms with Crippen LogP contribution < -0.4 is 0 Å². The van der Waals surface area contributed by atoms with Crippen molar-refractivity contribution in [2.24, 2.45) is 23.2 Å². The molecule has 0 N–H and O–H groups in total. The molecule has 5 unspecified atom stereocenters. The summed E-state index contributed by atoms with van der Waals surface area (Å²) in [6.07, 6.45) is 4.40. The van der Waals surface area contributed by atoms with E-state index in [-0.39, 0.29) is 17.7 Å². The Morgan fingerprint density at radius 3 is 2.95 bits per heavy atom. The van der Waals surface area contributed by atoms with Crippen LogP contribution >= 0.6 is 22.6 Å². The van der Waals surface area contributed by atoms with Gasteiger partial charge in [-0.3, -0.25) is 4.79 Å². The van der Waals surface area contributed by atoms with E-state index in [0.29, 0.717) is 11.8 Å². The molecule has 19 heavy (non-hydrogen) atoms. The minimum atomic E-state index is -0.437. The van der Waals surface area contributed by atoms with Crippen molar-refractivity contribution < 1.29 is 14.3 Å². The molecule has 0 aromatic heterocycles. The molecule has 0 radical (unpaired) electrons. The van der Waals surface area contributed by atoms with Gasteiger partial charge in [0.1, 0.15) is 3.42 Å². The molecule has 0 aromatic rings. The van der Waals surface area contributed by atoms with Gasteiger partial charge < -0.3 is 9.47 Å². The Kier molecular flexibility index (Phi) is 3.40. The number of fused-ring (bicyclic) bond motifs is 5. The highest BCUT2D eigenvalue weighted by Gasteiger charge is 2.64. The molecule has 3 nitrogen and oxygen atoms in total. The van der Waals surface area contributed by atoms with E-state index >= 15 is 0 Å². The van der Waals surface area contributed by atoms with Crippen LogP contribution in [0.4, 0.5) is 0 Å². The Morgan fingerprint density at radius 2 is 2.26 bits per heavy atom. The van der Waals surface area contributed by atoms with Crippen molar-refractivity contribution in [3.63, 3.8) is 0 Å². The Bertz CT molecular complexity index is 395. The molecule has 1 aliphatic heterocycles. The summed E-state index contributed by atoms with van der Waals surface area (Å²) in [5, 5.41) is 0. The maximum atomic E-state index is 12.3. The maximum Gasteiger partial charge on any atom is 0.324 e. The molecule has 6 atom stereocenters. The summed E-state index contributed by atoms with van der Waals surface area (Å²) in [5.41, 5.74) is 0.0685. The molecule has 4 heteroatoms. The van der Waals surface area contributed by atoms with Gasteiger partial charge >= 0.3 is 5.97 Å². The fraction of sp³-hybridized carbons (Fsp3) is 0.933. The fourth-order valence-electron chi connectivity index (χ4n) is 4.34. The Hall–Kier alpha value is 0.160. The van der Waals surface area contributed by atoms with Crippen LogP contribution in [0, 0.1) is 23.2 Å². The van der Waals surface area contributed by atoms with Gasteiger partial charge in [0.05, 0.1) is 6.61 Å². The molecular weight excluding hydrogens is 355 g/mol. The summed E-state index contributed by atoms with van der Waals surface area (Å²) in [6, 6.07) is 0. The summed E-state index contributed by atoms with van der Waals surface area (Å²) >= 11 is 2.19. The van der Waals surface area contributed by atoms with Crippen molar-refractivity contribution in [2.45, 2.75) is 56.2 Å². The maximum absolute atomic E-state index is 12.3. The summed E-state index contributed by atoms with van der Waals surface area (Å²) in [6.45, 7) is 7.01. The molecule has 0 aromatic carbocycles. The van der Waals surface area contributed by atoms with E-state index in [1.165, 1.54) is 19.3 Å². The zero-order valence-electron chi connectivity index (χ0n) is 11.9. The first-order chi connectivity index (χ1) is 8.89. The van der Waals surface area contributed by atoms with Crippen molar-refractivity contribution >= 4 is 28.6 Å². The molecule has 0 amide bonds. The number of rotatable bonds is 3. The molecule has 3 aliphatic rings. The summed E-state index contributed by atoms with van der Waals surface area (Å²) < 4.78 is 11.2. The lowest BCUT2D eigenvalue weighted by Gasteiger charge is -2.38. The third-order valence-electron chi connectivity index (χ3n) is 5.96. The van der Waals surface area contributed by atoms with Gasteiger partial charge in [0.15, 0.2) is 0 Å². The van der Waals surface area contributed by atoms with Crippen LogP contribution in [0.25, 0.3) is 0 Å². The van der Waals surface area contributed by atoms with Crippen LogP contribution in [-0.2, 0) is 14.3 Å². The highest BCUT2D eigenvalue weighted by atomic mass is 127. The predicted octanol–water partition coefficient (Wildman–Crippen LogP) is 3.54. The van der Waals surface area contributed by atoms with Gasteiger partial charge in [-0.2, -0.15) is 0 Å². The molecule has 2 bridgehead atoms. The second-order valence-electron chi connectivity index (χ2n) is 6.86. The van der Waals surface area contributed by atoms with E-state index in [2.05, 4.69) is 29.5 Å². The van der Waals surface area contributed by atoms with Crippen molar-refractivity contribution in [3.8, 4) is 0 Å². The van der Waals surface area contributed by atoms with Crippen molar-refractivity contribution in [1.82, 2.24) is 0 Å². The number of esters is 1. The summed E-state index contributed by atoms with van der Waals surface area (Å²) in [5.74, 6) is 1.97. The Morgan fingerprint density at radius 1 is 1.53 bits per heavy atom. The average Bonchev–Trinajstić information content (AvgIpc) is 3.02. The molecule has 2 aliphatic carbocycles. The second kappa shape index (κ2) is 4.58. The smallest absolute Gasteiger partial charge is 0.324 e. The van der Waals surface area contributed by atoms with Crippen LogP contribution in [0.5, 0.6) is 0 Å². The standard InChI is InChI=1S/C15H23IO3/c1-4-14(2,16)12(17)19-13-15(3)10-6-5-9(7-10)11(15)8-18-13/h9-11,13H,4-8H2,1-3H3/t9?,10-,11?,13?,14?,15?/m1/s1. The largest absolute Gasteiger partial charge is 0.434 e. The first-order valence-electron chi connectivity index (χ1n) is 7.41. The van der Waals surface area contributed by atoms with Crippen LogP contribution in [0.2, 0.25) is 0 Å². The number of hydrogen-bond donors (Lipinski definition) is 0. The molecule has 108 valence electrons. The number of carbonyl (C=O) groups is 1. The van der Waals surface area contributed by atoms with Crippen molar-refractivity contribution in [3.05, 3.63) is 0 Å². The minimum Gasteiger partial charge on any atom is -0.434 e. The lowest BCUT2D eigenvalue weighted by atomic mass is 9.68. The van der Waals surface area contributed by atoms with Gasteiger partial charge in [-0.1, -0.05) is 36.4 Å². The van der Waals surface area contributed by atoms with Gasteiger partial charge in [-0.05, 0) is 50.4 Å². The predicted molar refractivity (Wildman–Crippen MR) is 81.0 cm³/mol. The zero-order chi connectivity index (χ0) is 13.8. The number of halogens is 1. The highest BCUT2D eigenvalue weighted by molar-refractivity contribution is 14.1. The summed E-state index contributed by atoms with van der Waals surface area (Å²) in [4.78, 5) is 12.3. The highest BCUT2D eigenvalue weighted by Crippen LogP contribution is 2.64. The van der Waals surface area contributed by atoms with Gasteiger partial charge in [0, 0.05) is 5.41 Å². The van der Waals surface area contributed by atoms with Crippen molar-refractivity contribution in [2.75, 3.05) is 6.61 Å². The van der Waals surface area contributed by atoms with Gasteiger partial charge in [-0.25, -0.2) is 0 Å². The van der Waals surface area contributed by atoms with Crippen LogP contribution in [0.3, 0.4) is 0 Å².